The van der Waals surface area contributed by atoms with E-state index in [4.69, 9.17) is 5.11 Å². The lowest BCUT2D eigenvalue weighted by Gasteiger charge is -2.09. The highest BCUT2D eigenvalue weighted by Gasteiger charge is 2.05. The van der Waals surface area contributed by atoms with Gasteiger partial charge in [0, 0.05) is 23.9 Å². The van der Waals surface area contributed by atoms with Gasteiger partial charge in [-0.3, -0.25) is 0 Å². The van der Waals surface area contributed by atoms with E-state index in [9.17, 15) is 15.0 Å². The molecule has 0 atom stereocenters. The number of aromatic hydroxyl groups is 2. The van der Waals surface area contributed by atoms with E-state index in [1.165, 1.54) is 24.3 Å². The molecule has 98 valence electrons. The Kier molecular flexibility index (Phi) is 3.56. The normalized spacial score (nSPS) is 10.1. The van der Waals surface area contributed by atoms with Gasteiger partial charge in [-0.2, -0.15) is 0 Å². The molecular weight excluding hydrogens is 246 g/mol. The number of aromatic carboxylic acids is 1. The number of phenols is 2. The topological polar surface area (TPSA) is 89.8 Å². The van der Waals surface area contributed by atoms with Gasteiger partial charge in [0.1, 0.15) is 11.5 Å². The van der Waals surface area contributed by atoms with Gasteiger partial charge >= 0.3 is 5.97 Å². The molecule has 0 aliphatic carbocycles. The Morgan fingerprint density at radius 1 is 1.11 bits per heavy atom. The van der Waals surface area contributed by atoms with Crippen LogP contribution in [0, 0.1) is 0 Å². The smallest absolute Gasteiger partial charge is 0.335 e. The Morgan fingerprint density at radius 2 is 1.89 bits per heavy atom. The number of anilines is 1. The first kappa shape index (κ1) is 12.8. The molecule has 0 aliphatic rings. The quantitative estimate of drug-likeness (QED) is 0.677. The third-order valence-corrected chi connectivity index (χ3v) is 2.66. The molecule has 0 spiro atoms. The second-order valence-corrected chi connectivity index (χ2v) is 4.05. The summed E-state index contributed by atoms with van der Waals surface area (Å²) in [5, 5.41) is 30.7. The Bertz CT molecular complexity index is 610. The van der Waals surface area contributed by atoms with Crippen LogP contribution in [0.2, 0.25) is 0 Å². The third-order valence-electron chi connectivity index (χ3n) is 2.66. The minimum Gasteiger partial charge on any atom is -0.508 e. The van der Waals surface area contributed by atoms with E-state index in [1.807, 2.05) is 0 Å². The fourth-order valence-electron chi connectivity index (χ4n) is 1.66. The van der Waals surface area contributed by atoms with Crippen LogP contribution in [-0.2, 0) is 6.54 Å². The zero-order chi connectivity index (χ0) is 13.8. The molecule has 0 aromatic heterocycles. The summed E-state index contributed by atoms with van der Waals surface area (Å²) in [7, 11) is 0. The average Bonchev–Trinajstić information content (AvgIpc) is 2.38. The van der Waals surface area contributed by atoms with Crippen LogP contribution in [0.3, 0.4) is 0 Å². The van der Waals surface area contributed by atoms with Crippen molar-refractivity contribution in [1.29, 1.82) is 0 Å². The number of carboxylic acids is 1. The molecule has 0 amide bonds. The molecule has 0 saturated carbocycles. The van der Waals surface area contributed by atoms with Crippen molar-refractivity contribution in [2.24, 2.45) is 0 Å². The molecule has 19 heavy (non-hydrogen) atoms. The van der Waals surface area contributed by atoms with Gasteiger partial charge in [-0.15, -0.1) is 0 Å². The van der Waals surface area contributed by atoms with Crippen LogP contribution >= 0.6 is 0 Å². The van der Waals surface area contributed by atoms with Crippen molar-refractivity contribution < 1.29 is 20.1 Å². The Balaban J connectivity index is 2.10. The fraction of sp³-hybridized carbons (Fsp3) is 0.0714. The van der Waals surface area contributed by atoms with E-state index in [0.29, 0.717) is 17.8 Å². The minimum atomic E-state index is -0.990. The number of rotatable bonds is 4. The van der Waals surface area contributed by atoms with Gasteiger partial charge in [-0.25, -0.2) is 4.79 Å². The fourth-order valence-corrected chi connectivity index (χ4v) is 1.66. The van der Waals surface area contributed by atoms with Gasteiger partial charge in [0.2, 0.25) is 0 Å². The van der Waals surface area contributed by atoms with Crippen LogP contribution in [0.5, 0.6) is 11.5 Å². The summed E-state index contributed by atoms with van der Waals surface area (Å²) in [6.07, 6.45) is 0. The van der Waals surface area contributed by atoms with E-state index < -0.39 is 5.97 Å². The van der Waals surface area contributed by atoms with Crippen molar-refractivity contribution in [3.63, 3.8) is 0 Å². The van der Waals surface area contributed by atoms with E-state index in [1.54, 1.807) is 18.2 Å². The molecule has 2 rings (SSSR count). The lowest BCUT2D eigenvalue weighted by Crippen LogP contribution is -2.02. The largest absolute Gasteiger partial charge is 0.508 e. The lowest BCUT2D eigenvalue weighted by molar-refractivity contribution is 0.0697. The third kappa shape index (κ3) is 3.16. The monoisotopic (exact) mass is 259 g/mol. The summed E-state index contributed by atoms with van der Waals surface area (Å²) < 4.78 is 0. The van der Waals surface area contributed by atoms with Crippen LogP contribution in [0.1, 0.15) is 15.9 Å². The minimum absolute atomic E-state index is 0.00544. The average molecular weight is 259 g/mol. The van der Waals surface area contributed by atoms with Gasteiger partial charge in [0.15, 0.2) is 0 Å². The van der Waals surface area contributed by atoms with E-state index in [-0.39, 0.29) is 17.1 Å². The number of benzene rings is 2. The second-order valence-electron chi connectivity index (χ2n) is 4.05. The van der Waals surface area contributed by atoms with Gasteiger partial charge in [0.25, 0.3) is 0 Å². The Labute approximate surface area is 109 Å². The van der Waals surface area contributed by atoms with E-state index in [2.05, 4.69) is 5.32 Å². The van der Waals surface area contributed by atoms with Crippen LogP contribution in [0.15, 0.2) is 42.5 Å². The molecule has 2 aromatic carbocycles. The zero-order valence-corrected chi connectivity index (χ0v) is 10.00. The molecule has 4 N–H and O–H groups in total. The van der Waals surface area contributed by atoms with Gasteiger partial charge in [-0.05, 0) is 30.3 Å². The first-order valence-corrected chi connectivity index (χ1v) is 5.64. The van der Waals surface area contributed by atoms with Crippen molar-refractivity contribution >= 4 is 11.7 Å². The van der Waals surface area contributed by atoms with Crippen LogP contribution in [-0.4, -0.2) is 21.3 Å². The maximum absolute atomic E-state index is 10.8. The Hall–Kier alpha value is -2.69. The van der Waals surface area contributed by atoms with Crippen molar-refractivity contribution in [1.82, 2.24) is 0 Å². The highest BCUT2D eigenvalue weighted by Crippen LogP contribution is 2.23. The first-order valence-electron chi connectivity index (χ1n) is 5.64. The molecule has 0 radical (unpaired) electrons. The van der Waals surface area contributed by atoms with Crippen molar-refractivity contribution in [2.75, 3.05) is 5.32 Å². The highest BCUT2D eigenvalue weighted by atomic mass is 16.4. The van der Waals surface area contributed by atoms with Crippen molar-refractivity contribution in [3.05, 3.63) is 53.6 Å². The Morgan fingerprint density at radius 3 is 2.58 bits per heavy atom. The molecule has 5 nitrogen and oxygen atoms in total. The molecule has 5 heteroatoms. The summed E-state index contributed by atoms with van der Waals surface area (Å²) in [4.78, 5) is 10.8. The molecule has 2 aromatic rings. The number of carboxylic acid groups (broad SMARTS) is 1. The lowest BCUT2D eigenvalue weighted by atomic mass is 10.1. The molecule has 0 heterocycles. The SMILES string of the molecule is O=C(O)c1cccc(NCc2ccc(O)cc2O)c1. The maximum atomic E-state index is 10.8. The molecule has 0 aliphatic heterocycles. The highest BCUT2D eigenvalue weighted by molar-refractivity contribution is 5.88. The summed E-state index contributed by atoms with van der Waals surface area (Å²) >= 11 is 0. The van der Waals surface area contributed by atoms with Crippen LogP contribution < -0.4 is 5.32 Å². The molecular formula is C14H13NO4. The summed E-state index contributed by atoms with van der Waals surface area (Å²) in [5.41, 5.74) is 1.45. The number of carbonyl (C=O) groups is 1. The predicted octanol–water partition coefficient (Wildman–Crippen LogP) is 2.41. The van der Waals surface area contributed by atoms with Crippen LogP contribution in [0.4, 0.5) is 5.69 Å². The molecule has 0 fully saturated rings. The number of hydrogen-bond acceptors (Lipinski definition) is 4. The maximum Gasteiger partial charge on any atom is 0.335 e. The number of nitrogens with one attached hydrogen (secondary N) is 1. The van der Waals surface area contributed by atoms with Gasteiger partial charge in [-0.1, -0.05) is 6.07 Å². The van der Waals surface area contributed by atoms with Gasteiger partial charge in [0.05, 0.1) is 5.56 Å². The van der Waals surface area contributed by atoms with E-state index in [0.717, 1.165) is 0 Å². The first-order chi connectivity index (χ1) is 9.06. The number of phenolic OH excluding ortho intramolecular Hbond substituents is 2. The summed E-state index contributed by atoms with van der Waals surface area (Å²) in [6, 6.07) is 10.7. The summed E-state index contributed by atoms with van der Waals surface area (Å²) in [6.45, 7) is 0.329. The molecule has 0 saturated heterocycles. The predicted molar refractivity (Wildman–Crippen MR) is 70.5 cm³/mol. The molecule has 0 bridgehead atoms. The van der Waals surface area contributed by atoms with Crippen molar-refractivity contribution in [3.8, 4) is 11.5 Å². The van der Waals surface area contributed by atoms with Gasteiger partial charge < -0.3 is 20.6 Å². The molecule has 0 unspecified atom stereocenters. The van der Waals surface area contributed by atoms with Crippen molar-refractivity contribution in [2.45, 2.75) is 6.54 Å². The second kappa shape index (κ2) is 5.30. The number of hydrogen-bond donors (Lipinski definition) is 4. The zero-order valence-electron chi connectivity index (χ0n) is 10.00. The summed E-state index contributed by atoms with van der Waals surface area (Å²) in [5.74, 6) is -1.01. The van der Waals surface area contributed by atoms with Crippen LogP contribution in [0.25, 0.3) is 0 Å². The van der Waals surface area contributed by atoms with E-state index >= 15 is 0 Å². The standard InChI is InChI=1S/C14H13NO4/c16-12-5-4-10(13(17)7-12)8-15-11-3-1-2-9(6-11)14(18)19/h1-7,15-17H,8H2,(H,18,19).